The number of hydrogen-bond donors (Lipinski definition) is 1. The van der Waals surface area contributed by atoms with E-state index in [9.17, 15) is 9.18 Å². The molecule has 2 rings (SSSR count). The minimum absolute atomic E-state index is 0.228. The first kappa shape index (κ1) is 12.9. The van der Waals surface area contributed by atoms with Gasteiger partial charge < -0.3 is 10.2 Å². The average molecular weight is 260 g/mol. The average Bonchev–Trinajstić information content (AvgIpc) is 2.46. The molecule has 0 aliphatic carbocycles. The third kappa shape index (κ3) is 2.85. The number of carbonyl (C=O) groups is 1. The predicted octanol–water partition coefficient (Wildman–Crippen LogP) is 1.93. The first-order valence-electron chi connectivity index (χ1n) is 5.65. The molecule has 0 spiro atoms. The number of nitrogens with one attached hydrogen (secondary N) is 1. The van der Waals surface area contributed by atoms with Crippen molar-refractivity contribution in [2.24, 2.45) is 0 Å². The van der Waals surface area contributed by atoms with E-state index < -0.39 is 0 Å². The molecule has 0 fully saturated rings. The highest BCUT2D eigenvalue weighted by Gasteiger charge is 2.15. The molecule has 5 nitrogen and oxygen atoms in total. The normalized spacial score (nSPS) is 10.1. The van der Waals surface area contributed by atoms with E-state index in [0.717, 1.165) is 0 Å². The van der Waals surface area contributed by atoms with Crippen molar-refractivity contribution in [3.63, 3.8) is 0 Å². The topological polar surface area (TPSA) is 58.1 Å². The van der Waals surface area contributed by atoms with Crippen LogP contribution in [-0.4, -0.2) is 30.0 Å². The summed E-state index contributed by atoms with van der Waals surface area (Å²) in [7, 11) is 3.32. The van der Waals surface area contributed by atoms with E-state index in [1.54, 1.807) is 14.1 Å². The van der Waals surface area contributed by atoms with Crippen molar-refractivity contribution in [2.75, 3.05) is 24.3 Å². The molecule has 0 saturated heterocycles. The van der Waals surface area contributed by atoms with E-state index >= 15 is 0 Å². The molecule has 98 valence electrons. The fraction of sp³-hybridized carbons (Fsp3) is 0.154. The lowest BCUT2D eigenvalue weighted by Gasteiger charge is -2.16. The molecule has 0 radical (unpaired) electrons. The van der Waals surface area contributed by atoms with Gasteiger partial charge in [-0.15, -0.1) is 0 Å². The maximum absolute atomic E-state index is 12.8. The summed E-state index contributed by atoms with van der Waals surface area (Å²) in [6.07, 6.45) is 2.87. The molecule has 1 heterocycles. The Morgan fingerprint density at radius 1 is 1.21 bits per heavy atom. The summed E-state index contributed by atoms with van der Waals surface area (Å²) < 4.78 is 12.8. The Balaban J connectivity index is 2.20. The van der Waals surface area contributed by atoms with Crippen LogP contribution in [0.5, 0.6) is 0 Å². The molecule has 0 bridgehead atoms. The van der Waals surface area contributed by atoms with Gasteiger partial charge in [-0.2, -0.15) is 0 Å². The largest absolute Gasteiger partial charge is 0.372 e. The third-order valence-electron chi connectivity index (χ3n) is 2.65. The van der Waals surface area contributed by atoms with Crippen molar-refractivity contribution in [1.82, 2.24) is 9.97 Å². The van der Waals surface area contributed by atoms with Gasteiger partial charge in [-0.3, -0.25) is 4.79 Å². The monoisotopic (exact) mass is 260 g/mol. The van der Waals surface area contributed by atoms with Crippen molar-refractivity contribution >= 4 is 17.4 Å². The number of aromatic nitrogens is 2. The lowest BCUT2D eigenvalue weighted by Crippen LogP contribution is -2.27. The summed E-state index contributed by atoms with van der Waals surface area (Å²) in [5.41, 5.74) is 0.816. The smallest absolute Gasteiger partial charge is 0.278 e. The standard InChI is InChI=1S/C13H13FN4O/c1-15-12-8-16-11(7-17-12)13(19)18(2)10-5-3-9(14)4-6-10/h3-8H,1-2H3,(H,15,17). The van der Waals surface area contributed by atoms with Gasteiger partial charge in [-0.05, 0) is 24.3 Å². The van der Waals surface area contributed by atoms with Crippen LogP contribution in [0.1, 0.15) is 10.5 Å². The zero-order valence-electron chi connectivity index (χ0n) is 10.6. The molecule has 0 aliphatic rings. The summed E-state index contributed by atoms with van der Waals surface area (Å²) in [6, 6.07) is 5.66. The van der Waals surface area contributed by atoms with Gasteiger partial charge in [0.05, 0.1) is 12.4 Å². The number of rotatable bonds is 3. The van der Waals surface area contributed by atoms with E-state index in [-0.39, 0.29) is 17.4 Å². The minimum Gasteiger partial charge on any atom is -0.372 e. The Labute approximate surface area is 110 Å². The fourth-order valence-electron chi connectivity index (χ4n) is 1.52. The number of amides is 1. The van der Waals surface area contributed by atoms with Gasteiger partial charge in [0.1, 0.15) is 17.3 Å². The quantitative estimate of drug-likeness (QED) is 0.916. The van der Waals surface area contributed by atoms with Crippen molar-refractivity contribution in [2.45, 2.75) is 0 Å². The molecule has 1 N–H and O–H groups in total. The van der Waals surface area contributed by atoms with Crippen LogP contribution in [0.15, 0.2) is 36.7 Å². The SMILES string of the molecule is CNc1cnc(C(=O)N(C)c2ccc(F)cc2)cn1. The molecule has 0 unspecified atom stereocenters. The first-order valence-corrected chi connectivity index (χ1v) is 5.65. The van der Waals surface area contributed by atoms with E-state index in [1.165, 1.54) is 41.6 Å². The lowest BCUT2D eigenvalue weighted by atomic mass is 10.2. The summed E-state index contributed by atoms with van der Waals surface area (Å²) in [5, 5.41) is 2.82. The number of nitrogens with zero attached hydrogens (tertiary/aromatic N) is 3. The van der Waals surface area contributed by atoms with E-state index in [0.29, 0.717) is 11.5 Å². The summed E-state index contributed by atoms with van der Waals surface area (Å²) in [5.74, 6) is -0.0643. The molecule has 1 amide bonds. The number of hydrogen-bond acceptors (Lipinski definition) is 4. The highest BCUT2D eigenvalue weighted by Crippen LogP contribution is 2.15. The van der Waals surface area contributed by atoms with Gasteiger partial charge in [-0.1, -0.05) is 0 Å². The Bertz CT molecular complexity index is 568. The number of halogens is 1. The molecule has 6 heteroatoms. The van der Waals surface area contributed by atoms with E-state index in [4.69, 9.17) is 0 Å². The maximum atomic E-state index is 12.8. The summed E-state index contributed by atoms with van der Waals surface area (Å²) >= 11 is 0. The van der Waals surface area contributed by atoms with E-state index in [2.05, 4.69) is 15.3 Å². The molecule has 0 aliphatic heterocycles. The molecular weight excluding hydrogens is 247 g/mol. The van der Waals surface area contributed by atoms with Crippen LogP contribution in [0, 0.1) is 5.82 Å². The van der Waals surface area contributed by atoms with Crippen molar-refractivity contribution < 1.29 is 9.18 Å². The van der Waals surface area contributed by atoms with Crippen LogP contribution >= 0.6 is 0 Å². The highest BCUT2D eigenvalue weighted by atomic mass is 19.1. The zero-order valence-corrected chi connectivity index (χ0v) is 10.6. The predicted molar refractivity (Wildman–Crippen MR) is 70.7 cm³/mol. The van der Waals surface area contributed by atoms with Crippen molar-refractivity contribution in [3.8, 4) is 0 Å². The van der Waals surface area contributed by atoms with Crippen LogP contribution in [0.4, 0.5) is 15.9 Å². The minimum atomic E-state index is -0.345. The highest BCUT2D eigenvalue weighted by molar-refractivity contribution is 6.04. The Morgan fingerprint density at radius 2 is 1.89 bits per heavy atom. The Kier molecular flexibility index (Phi) is 3.70. The molecule has 1 aromatic carbocycles. The van der Waals surface area contributed by atoms with Gasteiger partial charge in [0.2, 0.25) is 0 Å². The third-order valence-corrected chi connectivity index (χ3v) is 2.65. The second kappa shape index (κ2) is 5.43. The van der Waals surface area contributed by atoms with Gasteiger partial charge >= 0.3 is 0 Å². The van der Waals surface area contributed by atoms with Crippen molar-refractivity contribution in [3.05, 3.63) is 48.2 Å². The van der Waals surface area contributed by atoms with Crippen LogP contribution < -0.4 is 10.2 Å². The Hall–Kier alpha value is -2.50. The van der Waals surface area contributed by atoms with Crippen molar-refractivity contribution in [1.29, 1.82) is 0 Å². The summed E-state index contributed by atoms with van der Waals surface area (Å²) in [4.78, 5) is 21.6. The lowest BCUT2D eigenvalue weighted by molar-refractivity contribution is 0.0988. The second-order valence-corrected chi connectivity index (χ2v) is 3.88. The summed E-state index contributed by atoms with van der Waals surface area (Å²) in [6.45, 7) is 0. The molecular formula is C13H13FN4O. The second-order valence-electron chi connectivity index (χ2n) is 3.88. The van der Waals surface area contributed by atoms with E-state index in [1.807, 2.05) is 0 Å². The first-order chi connectivity index (χ1) is 9.11. The van der Waals surface area contributed by atoms with Crippen LogP contribution in [0.3, 0.4) is 0 Å². The van der Waals surface area contributed by atoms with Gasteiger partial charge in [0.25, 0.3) is 5.91 Å². The maximum Gasteiger partial charge on any atom is 0.278 e. The van der Waals surface area contributed by atoms with Crippen LogP contribution in [0.2, 0.25) is 0 Å². The molecule has 2 aromatic rings. The number of anilines is 2. The zero-order chi connectivity index (χ0) is 13.8. The Morgan fingerprint density at radius 3 is 2.42 bits per heavy atom. The molecule has 1 aromatic heterocycles. The van der Waals surface area contributed by atoms with Gasteiger partial charge in [-0.25, -0.2) is 14.4 Å². The molecule has 19 heavy (non-hydrogen) atoms. The van der Waals surface area contributed by atoms with Crippen LogP contribution in [-0.2, 0) is 0 Å². The van der Waals surface area contributed by atoms with Gasteiger partial charge in [0.15, 0.2) is 0 Å². The van der Waals surface area contributed by atoms with Crippen LogP contribution in [0.25, 0.3) is 0 Å². The molecule has 0 atom stereocenters. The number of benzene rings is 1. The fourth-order valence-corrected chi connectivity index (χ4v) is 1.52. The molecule has 0 saturated carbocycles. The number of carbonyl (C=O) groups excluding carboxylic acids is 1. The van der Waals surface area contributed by atoms with Gasteiger partial charge in [0, 0.05) is 19.8 Å².